The van der Waals surface area contributed by atoms with E-state index in [0.717, 1.165) is 0 Å². The van der Waals surface area contributed by atoms with Crippen LogP contribution >= 0.6 is 23.2 Å². The molecule has 10 heteroatoms. The van der Waals surface area contributed by atoms with Gasteiger partial charge in [0.05, 0.1) is 46.5 Å². The molecule has 8 nitrogen and oxygen atoms in total. The van der Waals surface area contributed by atoms with Gasteiger partial charge in [0.15, 0.2) is 6.23 Å². The first-order chi connectivity index (χ1) is 14.8. The molecular weight excluding hydrogens is 447 g/mol. The van der Waals surface area contributed by atoms with Gasteiger partial charge in [-0.3, -0.25) is 4.79 Å². The molecule has 2 unspecified atom stereocenters. The summed E-state index contributed by atoms with van der Waals surface area (Å²) < 4.78 is 15.9. The van der Waals surface area contributed by atoms with Crippen LogP contribution in [0.15, 0.2) is 40.7 Å². The van der Waals surface area contributed by atoms with Gasteiger partial charge in [-0.2, -0.15) is 0 Å². The number of hydrogen-bond acceptors (Lipinski definition) is 7. The third-order valence-electron chi connectivity index (χ3n) is 4.60. The Bertz CT molecular complexity index is 928. The second-order valence-corrected chi connectivity index (χ2v) is 7.18. The number of carbonyl (C=O) groups is 3. The summed E-state index contributed by atoms with van der Waals surface area (Å²) in [4.78, 5) is 37.1. The van der Waals surface area contributed by atoms with Gasteiger partial charge in [-0.05, 0) is 32.4 Å². The zero-order valence-electron chi connectivity index (χ0n) is 17.6. The fraction of sp³-hybridized carbons (Fsp3) is 0.381. The summed E-state index contributed by atoms with van der Waals surface area (Å²) >= 11 is 12.7. The highest BCUT2D eigenvalue weighted by atomic mass is 35.5. The number of esters is 2. The van der Waals surface area contributed by atoms with Crippen molar-refractivity contribution in [3.8, 4) is 0 Å². The van der Waals surface area contributed by atoms with Gasteiger partial charge in [-0.1, -0.05) is 35.3 Å². The van der Waals surface area contributed by atoms with Crippen molar-refractivity contribution in [1.29, 1.82) is 0 Å². The molecule has 0 saturated heterocycles. The van der Waals surface area contributed by atoms with Gasteiger partial charge in [0.2, 0.25) is 6.41 Å². The summed E-state index contributed by atoms with van der Waals surface area (Å²) in [6, 6.07) is 4.90. The molecule has 1 aliphatic rings. The Balaban J connectivity index is 2.88. The number of allylic oxidation sites excluding steroid dienone is 1. The van der Waals surface area contributed by atoms with Gasteiger partial charge >= 0.3 is 11.9 Å². The maximum atomic E-state index is 13.1. The van der Waals surface area contributed by atoms with Crippen molar-refractivity contribution in [2.45, 2.75) is 32.9 Å². The van der Waals surface area contributed by atoms with Gasteiger partial charge in [-0.25, -0.2) is 9.59 Å². The predicted molar refractivity (Wildman–Crippen MR) is 115 cm³/mol. The van der Waals surface area contributed by atoms with E-state index >= 15 is 0 Å². The molecule has 31 heavy (non-hydrogen) atoms. The van der Waals surface area contributed by atoms with Crippen LogP contribution in [0.4, 0.5) is 0 Å². The van der Waals surface area contributed by atoms with Crippen molar-refractivity contribution in [2.24, 2.45) is 0 Å². The molecule has 0 spiro atoms. The Morgan fingerprint density at radius 1 is 1.19 bits per heavy atom. The first kappa shape index (κ1) is 24.7. The first-order valence-electron chi connectivity index (χ1n) is 9.54. The molecule has 0 saturated carbocycles. The Kier molecular flexibility index (Phi) is 8.91. The molecule has 1 aromatic carbocycles. The fourth-order valence-corrected chi connectivity index (χ4v) is 3.79. The van der Waals surface area contributed by atoms with Crippen molar-refractivity contribution in [3.05, 3.63) is 56.3 Å². The number of benzene rings is 1. The lowest BCUT2D eigenvalue weighted by molar-refractivity contribution is -0.139. The van der Waals surface area contributed by atoms with Crippen molar-refractivity contribution in [1.82, 2.24) is 10.6 Å². The molecule has 1 amide bonds. The second-order valence-electron chi connectivity index (χ2n) is 6.40. The number of methoxy groups -OCH3 is 1. The van der Waals surface area contributed by atoms with Crippen LogP contribution in [0.3, 0.4) is 0 Å². The van der Waals surface area contributed by atoms with Crippen LogP contribution in [-0.4, -0.2) is 44.9 Å². The molecule has 0 aliphatic carbocycles. The molecule has 1 heterocycles. The van der Waals surface area contributed by atoms with Crippen molar-refractivity contribution in [2.75, 3.05) is 20.3 Å². The smallest absolute Gasteiger partial charge is 0.336 e. The average molecular weight is 471 g/mol. The maximum Gasteiger partial charge on any atom is 0.336 e. The molecule has 1 aromatic rings. The molecule has 0 fully saturated rings. The van der Waals surface area contributed by atoms with Crippen LogP contribution in [0.5, 0.6) is 0 Å². The monoisotopic (exact) mass is 470 g/mol. The largest absolute Gasteiger partial charge is 0.466 e. The SMILES string of the molecule is CCOC(=O)C1=C(C(NC=O)OCC)NC(C)=C(C(=O)OC)C1c1cccc(Cl)c1Cl. The van der Waals surface area contributed by atoms with Gasteiger partial charge in [-0.15, -0.1) is 0 Å². The third-order valence-corrected chi connectivity index (χ3v) is 5.44. The third kappa shape index (κ3) is 5.20. The molecule has 0 bridgehead atoms. The van der Waals surface area contributed by atoms with Crippen LogP contribution in [-0.2, 0) is 28.6 Å². The predicted octanol–water partition coefficient (Wildman–Crippen LogP) is 3.05. The number of halogens is 2. The van der Waals surface area contributed by atoms with Crippen LogP contribution in [0.2, 0.25) is 10.0 Å². The lowest BCUT2D eigenvalue weighted by Gasteiger charge is -2.34. The van der Waals surface area contributed by atoms with Gasteiger partial charge in [0.1, 0.15) is 0 Å². The van der Waals surface area contributed by atoms with Crippen LogP contribution in [0.25, 0.3) is 0 Å². The molecular formula is C21H24Cl2N2O6. The molecule has 2 atom stereocenters. The van der Waals surface area contributed by atoms with Crippen LogP contribution in [0, 0.1) is 0 Å². The van der Waals surface area contributed by atoms with Crippen LogP contribution in [0.1, 0.15) is 32.3 Å². The summed E-state index contributed by atoms with van der Waals surface area (Å²) in [6.45, 7) is 5.36. The zero-order valence-corrected chi connectivity index (χ0v) is 19.1. The van der Waals surface area contributed by atoms with Crippen molar-refractivity contribution < 1.29 is 28.6 Å². The van der Waals surface area contributed by atoms with E-state index in [9.17, 15) is 14.4 Å². The highest BCUT2D eigenvalue weighted by Gasteiger charge is 2.42. The lowest BCUT2D eigenvalue weighted by atomic mass is 9.80. The number of ether oxygens (including phenoxy) is 3. The summed E-state index contributed by atoms with van der Waals surface area (Å²) in [5, 5.41) is 5.95. The van der Waals surface area contributed by atoms with E-state index in [1.807, 2.05) is 0 Å². The lowest BCUT2D eigenvalue weighted by Crippen LogP contribution is -2.43. The topological polar surface area (TPSA) is 103 Å². The average Bonchev–Trinajstić information content (AvgIpc) is 2.74. The summed E-state index contributed by atoms with van der Waals surface area (Å²) in [7, 11) is 1.24. The number of amides is 1. The number of rotatable bonds is 9. The van der Waals surface area contributed by atoms with Gasteiger partial charge in [0, 0.05) is 12.3 Å². The van der Waals surface area contributed by atoms with Gasteiger partial charge < -0.3 is 24.8 Å². The van der Waals surface area contributed by atoms with Crippen molar-refractivity contribution in [3.63, 3.8) is 0 Å². The van der Waals surface area contributed by atoms with E-state index in [0.29, 0.717) is 17.7 Å². The second kappa shape index (κ2) is 11.2. The molecule has 2 N–H and O–H groups in total. The summed E-state index contributed by atoms with van der Waals surface area (Å²) in [6.07, 6.45) is -0.551. The highest BCUT2D eigenvalue weighted by molar-refractivity contribution is 6.42. The minimum Gasteiger partial charge on any atom is -0.466 e. The number of nitrogens with one attached hydrogen (secondary N) is 2. The van der Waals surface area contributed by atoms with E-state index < -0.39 is 24.1 Å². The number of dihydropyridines is 1. The van der Waals surface area contributed by atoms with E-state index in [-0.39, 0.29) is 40.1 Å². The van der Waals surface area contributed by atoms with E-state index in [1.54, 1.807) is 39.0 Å². The zero-order chi connectivity index (χ0) is 23.1. The number of hydrogen-bond donors (Lipinski definition) is 2. The fourth-order valence-electron chi connectivity index (χ4n) is 3.38. The minimum atomic E-state index is -1.00. The Morgan fingerprint density at radius 3 is 2.48 bits per heavy atom. The minimum absolute atomic E-state index is 0.0461. The molecule has 168 valence electrons. The van der Waals surface area contributed by atoms with Gasteiger partial charge in [0.25, 0.3) is 0 Å². The quantitative estimate of drug-likeness (QED) is 0.324. The van der Waals surface area contributed by atoms with Crippen molar-refractivity contribution >= 4 is 41.6 Å². The van der Waals surface area contributed by atoms with E-state index in [2.05, 4.69) is 10.6 Å². The molecule has 0 radical (unpaired) electrons. The number of carbonyl (C=O) groups excluding carboxylic acids is 3. The Labute approximate surface area is 190 Å². The molecule has 2 rings (SSSR count). The summed E-state index contributed by atoms with van der Waals surface area (Å²) in [5.74, 6) is -2.36. The van der Waals surface area contributed by atoms with E-state index in [4.69, 9.17) is 37.4 Å². The molecule has 1 aliphatic heterocycles. The standard InChI is InChI=1S/C21H24Cl2N2O6/c1-5-30-19(24-10-26)18-16(21(28)31-6-2)15(12-8-7-9-13(22)17(12)23)14(11(3)25-18)20(27)29-4/h7-10,15,19,25H,5-6H2,1-4H3,(H,24,26). The maximum absolute atomic E-state index is 13.1. The summed E-state index contributed by atoms with van der Waals surface area (Å²) in [5.41, 5.74) is 1.22. The molecule has 0 aromatic heterocycles. The normalized spacial score (nSPS) is 17.0. The highest BCUT2D eigenvalue weighted by Crippen LogP contribution is 2.44. The van der Waals surface area contributed by atoms with E-state index in [1.165, 1.54) is 7.11 Å². The first-order valence-corrected chi connectivity index (χ1v) is 10.3. The Hall–Kier alpha value is -2.55. The Morgan fingerprint density at radius 2 is 1.90 bits per heavy atom. The van der Waals surface area contributed by atoms with Crippen LogP contribution < -0.4 is 10.6 Å².